The number of nitrogens with zero attached hydrogens (tertiary/aromatic N) is 1. The average Bonchev–Trinajstić information content (AvgIpc) is 2.23. The minimum atomic E-state index is -0.102. The van der Waals surface area contributed by atoms with Crippen molar-refractivity contribution in [1.29, 1.82) is 0 Å². The summed E-state index contributed by atoms with van der Waals surface area (Å²) in [6, 6.07) is 4.90. The van der Waals surface area contributed by atoms with Crippen LogP contribution in [0.4, 0.5) is 0 Å². The quantitative estimate of drug-likeness (QED) is 0.754. The lowest BCUT2D eigenvalue weighted by Gasteiger charge is -2.06. The van der Waals surface area contributed by atoms with Gasteiger partial charge in [-0.05, 0) is 19.1 Å². The summed E-state index contributed by atoms with van der Waals surface area (Å²) >= 11 is 5.79. The van der Waals surface area contributed by atoms with E-state index in [1.54, 1.807) is 18.3 Å². The second-order valence-corrected chi connectivity index (χ2v) is 3.62. The van der Waals surface area contributed by atoms with Crippen LogP contribution >= 0.6 is 11.6 Å². The molecule has 0 fully saturated rings. The molecule has 0 radical (unpaired) electrons. The number of pyridine rings is 1. The van der Waals surface area contributed by atoms with Gasteiger partial charge in [-0.2, -0.15) is 0 Å². The van der Waals surface area contributed by atoms with Crippen molar-refractivity contribution in [2.75, 3.05) is 0 Å². The molecular weight excluding hydrogens is 214 g/mol. The summed E-state index contributed by atoms with van der Waals surface area (Å²) in [5.41, 5.74) is 0.830. The van der Waals surface area contributed by atoms with Crippen LogP contribution in [0.3, 0.4) is 0 Å². The van der Waals surface area contributed by atoms with Crippen molar-refractivity contribution in [3.05, 3.63) is 35.0 Å². The zero-order valence-corrected chi connectivity index (χ0v) is 8.75. The number of fused-ring (bicyclic) bond motifs is 1. The van der Waals surface area contributed by atoms with Crippen LogP contribution in [-0.2, 0) is 0 Å². The molecule has 1 heterocycles. The minimum absolute atomic E-state index is 0.0859. The molecule has 0 saturated heterocycles. The molecule has 0 amide bonds. The fraction of sp³-hybridized carbons (Fsp3) is 0.0909. The Balaban J connectivity index is 2.94. The SMILES string of the molecule is CC(=O)c1cc(Cl)c(O)c2ncccc12. The van der Waals surface area contributed by atoms with Gasteiger partial charge in [0, 0.05) is 17.1 Å². The second kappa shape index (κ2) is 3.51. The molecule has 0 bridgehead atoms. The highest BCUT2D eigenvalue weighted by molar-refractivity contribution is 6.34. The lowest BCUT2D eigenvalue weighted by molar-refractivity contribution is 0.101. The van der Waals surface area contributed by atoms with E-state index in [-0.39, 0.29) is 16.6 Å². The highest BCUT2D eigenvalue weighted by Crippen LogP contribution is 2.33. The number of hydrogen-bond acceptors (Lipinski definition) is 3. The van der Waals surface area contributed by atoms with E-state index in [1.165, 1.54) is 13.0 Å². The van der Waals surface area contributed by atoms with Gasteiger partial charge in [0.15, 0.2) is 11.5 Å². The predicted molar refractivity (Wildman–Crippen MR) is 58.4 cm³/mol. The topological polar surface area (TPSA) is 50.2 Å². The average molecular weight is 222 g/mol. The van der Waals surface area contributed by atoms with Gasteiger partial charge in [0.05, 0.1) is 5.02 Å². The summed E-state index contributed by atoms with van der Waals surface area (Å²) in [4.78, 5) is 15.4. The smallest absolute Gasteiger partial charge is 0.160 e. The summed E-state index contributed by atoms with van der Waals surface area (Å²) in [6.45, 7) is 1.45. The molecule has 2 rings (SSSR count). The number of rotatable bonds is 1. The lowest BCUT2D eigenvalue weighted by Crippen LogP contribution is -1.95. The summed E-state index contributed by atoms with van der Waals surface area (Å²) in [7, 11) is 0. The minimum Gasteiger partial charge on any atom is -0.504 e. The van der Waals surface area contributed by atoms with Crippen molar-refractivity contribution in [2.45, 2.75) is 6.92 Å². The number of benzene rings is 1. The molecule has 1 aromatic heterocycles. The highest BCUT2D eigenvalue weighted by Gasteiger charge is 2.13. The zero-order chi connectivity index (χ0) is 11.0. The van der Waals surface area contributed by atoms with Crippen molar-refractivity contribution >= 4 is 28.3 Å². The maximum Gasteiger partial charge on any atom is 0.160 e. The van der Waals surface area contributed by atoms with Crippen LogP contribution in [0.15, 0.2) is 24.4 Å². The molecule has 1 N–H and O–H groups in total. The number of carbonyl (C=O) groups is 1. The Morgan fingerprint density at radius 2 is 2.27 bits per heavy atom. The molecule has 4 heteroatoms. The first-order valence-electron chi connectivity index (χ1n) is 4.38. The van der Waals surface area contributed by atoms with Crippen LogP contribution in [0.2, 0.25) is 5.02 Å². The Morgan fingerprint density at radius 3 is 2.93 bits per heavy atom. The third-order valence-corrected chi connectivity index (χ3v) is 2.49. The summed E-state index contributed by atoms with van der Waals surface area (Å²) in [5.74, 6) is -0.188. The van der Waals surface area contributed by atoms with Crippen LogP contribution in [0.1, 0.15) is 17.3 Å². The van der Waals surface area contributed by atoms with Gasteiger partial charge in [-0.25, -0.2) is 0 Å². The second-order valence-electron chi connectivity index (χ2n) is 3.21. The molecular formula is C11H8ClNO2. The van der Waals surface area contributed by atoms with Crippen molar-refractivity contribution in [1.82, 2.24) is 4.98 Å². The maximum atomic E-state index is 11.4. The van der Waals surface area contributed by atoms with Gasteiger partial charge in [-0.15, -0.1) is 0 Å². The molecule has 0 aliphatic heterocycles. The number of aromatic hydroxyl groups is 1. The monoisotopic (exact) mass is 221 g/mol. The summed E-state index contributed by atoms with van der Waals surface area (Å²) in [6.07, 6.45) is 1.54. The Kier molecular flexibility index (Phi) is 2.32. The molecule has 15 heavy (non-hydrogen) atoms. The highest BCUT2D eigenvalue weighted by atomic mass is 35.5. The number of phenolic OH excluding ortho intramolecular Hbond substituents is 1. The molecule has 0 aliphatic carbocycles. The van der Waals surface area contributed by atoms with Gasteiger partial charge >= 0.3 is 0 Å². The Hall–Kier alpha value is -1.61. The van der Waals surface area contributed by atoms with Gasteiger partial charge in [-0.1, -0.05) is 17.7 Å². The first-order chi connectivity index (χ1) is 7.11. The van der Waals surface area contributed by atoms with E-state index in [4.69, 9.17) is 11.6 Å². The molecule has 0 spiro atoms. The Labute approximate surface area is 91.3 Å². The molecule has 0 atom stereocenters. The Bertz CT molecular complexity index is 552. The van der Waals surface area contributed by atoms with Crippen molar-refractivity contribution in [3.8, 4) is 5.75 Å². The van der Waals surface area contributed by atoms with E-state index in [0.717, 1.165) is 0 Å². The van der Waals surface area contributed by atoms with Gasteiger partial charge in [0.2, 0.25) is 0 Å². The number of phenols is 1. The predicted octanol–water partition coefficient (Wildman–Crippen LogP) is 2.80. The van der Waals surface area contributed by atoms with Gasteiger partial charge in [0.25, 0.3) is 0 Å². The number of Topliss-reactive ketones (excluding diaryl/α,β-unsaturated/α-hetero) is 1. The number of halogens is 1. The summed E-state index contributed by atoms with van der Waals surface area (Å²) < 4.78 is 0. The standard InChI is InChI=1S/C11H8ClNO2/c1-6(14)8-5-9(12)11(15)10-7(8)3-2-4-13-10/h2-5,15H,1H3. The van der Waals surface area contributed by atoms with Gasteiger partial charge in [0.1, 0.15) is 5.52 Å². The molecule has 3 nitrogen and oxygen atoms in total. The fourth-order valence-corrected chi connectivity index (χ4v) is 1.69. The van der Waals surface area contributed by atoms with Gasteiger partial charge in [-0.3, -0.25) is 9.78 Å². The van der Waals surface area contributed by atoms with E-state index in [9.17, 15) is 9.90 Å². The summed E-state index contributed by atoms with van der Waals surface area (Å²) in [5, 5.41) is 10.4. The van der Waals surface area contributed by atoms with E-state index in [1.807, 2.05) is 0 Å². The first-order valence-corrected chi connectivity index (χ1v) is 4.76. The number of carbonyl (C=O) groups excluding carboxylic acids is 1. The number of aromatic nitrogens is 1. The normalized spacial score (nSPS) is 10.5. The van der Waals surface area contributed by atoms with Crippen molar-refractivity contribution in [2.24, 2.45) is 0 Å². The van der Waals surface area contributed by atoms with Crippen LogP contribution < -0.4 is 0 Å². The molecule has 2 aromatic rings. The van der Waals surface area contributed by atoms with E-state index >= 15 is 0 Å². The number of ketones is 1. The third-order valence-electron chi connectivity index (χ3n) is 2.20. The maximum absolute atomic E-state index is 11.4. The van der Waals surface area contributed by atoms with Gasteiger partial charge < -0.3 is 5.11 Å². The van der Waals surface area contributed by atoms with Crippen molar-refractivity contribution < 1.29 is 9.90 Å². The fourth-order valence-electron chi connectivity index (χ4n) is 1.49. The lowest BCUT2D eigenvalue weighted by atomic mass is 10.0. The van der Waals surface area contributed by atoms with E-state index < -0.39 is 0 Å². The van der Waals surface area contributed by atoms with Crippen LogP contribution in [0, 0.1) is 0 Å². The molecule has 0 saturated carbocycles. The van der Waals surface area contributed by atoms with Crippen molar-refractivity contribution in [3.63, 3.8) is 0 Å². The molecule has 76 valence electrons. The Morgan fingerprint density at radius 1 is 1.53 bits per heavy atom. The van der Waals surface area contributed by atoms with E-state index in [2.05, 4.69) is 4.98 Å². The van der Waals surface area contributed by atoms with Crippen LogP contribution in [0.5, 0.6) is 5.75 Å². The van der Waals surface area contributed by atoms with Crippen LogP contribution in [-0.4, -0.2) is 15.9 Å². The van der Waals surface area contributed by atoms with E-state index in [0.29, 0.717) is 16.5 Å². The zero-order valence-electron chi connectivity index (χ0n) is 7.99. The first kappa shape index (κ1) is 9.93. The largest absolute Gasteiger partial charge is 0.504 e. The molecule has 0 unspecified atom stereocenters. The number of hydrogen-bond donors (Lipinski definition) is 1. The third kappa shape index (κ3) is 1.55. The molecule has 0 aliphatic rings. The van der Waals surface area contributed by atoms with Crippen LogP contribution in [0.25, 0.3) is 10.9 Å². The molecule has 1 aromatic carbocycles.